The quantitative estimate of drug-likeness (QED) is 0.900. The SMILES string of the molecule is Cc1ccccc1NC(=O)Cn1nnc(C2CC2)n1. The second kappa shape index (κ2) is 4.79. The van der Waals surface area contributed by atoms with E-state index in [-0.39, 0.29) is 12.5 Å². The van der Waals surface area contributed by atoms with Crippen LogP contribution in [0.15, 0.2) is 24.3 Å². The Morgan fingerprint density at radius 1 is 1.42 bits per heavy atom. The summed E-state index contributed by atoms with van der Waals surface area (Å²) >= 11 is 0. The third kappa shape index (κ3) is 2.78. The normalized spacial score (nSPS) is 14.4. The van der Waals surface area contributed by atoms with E-state index >= 15 is 0 Å². The Morgan fingerprint density at radius 2 is 2.21 bits per heavy atom. The fraction of sp³-hybridized carbons (Fsp3) is 0.385. The highest BCUT2D eigenvalue weighted by atomic mass is 16.2. The van der Waals surface area contributed by atoms with Crippen molar-refractivity contribution in [3.05, 3.63) is 35.7 Å². The van der Waals surface area contributed by atoms with Crippen LogP contribution in [0.2, 0.25) is 0 Å². The molecule has 1 heterocycles. The van der Waals surface area contributed by atoms with Crippen molar-refractivity contribution >= 4 is 11.6 Å². The molecule has 19 heavy (non-hydrogen) atoms. The van der Waals surface area contributed by atoms with E-state index in [0.29, 0.717) is 5.92 Å². The Kier molecular flexibility index (Phi) is 2.98. The molecule has 1 N–H and O–H groups in total. The van der Waals surface area contributed by atoms with Crippen molar-refractivity contribution in [1.29, 1.82) is 0 Å². The molecule has 1 amide bonds. The Balaban J connectivity index is 1.62. The number of carbonyl (C=O) groups excluding carboxylic acids is 1. The molecular formula is C13H15N5O. The van der Waals surface area contributed by atoms with E-state index in [0.717, 1.165) is 29.9 Å². The zero-order chi connectivity index (χ0) is 13.2. The van der Waals surface area contributed by atoms with Crippen LogP contribution in [0, 0.1) is 6.92 Å². The zero-order valence-corrected chi connectivity index (χ0v) is 10.7. The first-order chi connectivity index (χ1) is 9.22. The van der Waals surface area contributed by atoms with Crippen LogP contribution in [0.4, 0.5) is 5.69 Å². The van der Waals surface area contributed by atoms with Gasteiger partial charge in [0.2, 0.25) is 5.91 Å². The lowest BCUT2D eigenvalue weighted by Gasteiger charge is -2.06. The van der Waals surface area contributed by atoms with Crippen molar-refractivity contribution in [1.82, 2.24) is 20.2 Å². The summed E-state index contributed by atoms with van der Waals surface area (Å²) in [6.07, 6.45) is 2.25. The highest BCUT2D eigenvalue weighted by molar-refractivity contribution is 5.91. The van der Waals surface area contributed by atoms with Crippen molar-refractivity contribution in [2.24, 2.45) is 0 Å². The molecular weight excluding hydrogens is 242 g/mol. The summed E-state index contributed by atoms with van der Waals surface area (Å²) in [6, 6.07) is 7.65. The molecule has 0 radical (unpaired) electrons. The maximum atomic E-state index is 11.9. The van der Waals surface area contributed by atoms with Crippen LogP contribution in [0.5, 0.6) is 0 Å². The molecule has 1 aliphatic carbocycles. The van der Waals surface area contributed by atoms with Crippen molar-refractivity contribution in [3.8, 4) is 0 Å². The van der Waals surface area contributed by atoms with Crippen molar-refractivity contribution in [2.45, 2.75) is 32.2 Å². The largest absolute Gasteiger partial charge is 0.324 e. The smallest absolute Gasteiger partial charge is 0.248 e. The molecule has 0 bridgehead atoms. The molecule has 0 saturated heterocycles. The Labute approximate surface area is 110 Å². The van der Waals surface area contributed by atoms with Gasteiger partial charge >= 0.3 is 0 Å². The summed E-state index contributed by atoms with van der Waals surface area (Å²) in [5, 5.41) is 14.9. The number of benzene rings is 1. The van der Waals surface area contributed by atoms with Crippen LogP contribution in [0.1, 0.15) is 30.1 Å². The molecule has 1 aromatic heterocycles. The molecule has 0 unspecified atom stereocenters. The van der Waals surface area contributed by atoms with Crippen LogP contribution in [0.25, 0.3) is 0 Å². The molecule has 1 saturated carbocycles. The Bertz CT molecular complexity index is 603. The fourth-order valence-corrected chi connectivity index (χ4v) is 1.86. The van der Waals surface area contributed by atoms with E-state index in [9.17, 15) is 4.79 Å². The van der Waals surface area contributed by atoms with E-state index in [1.54, 1.807) is 0 Å². The predicted molar refractivity (Wildman–Crippen MR) is 69.6 cm³/mol. The third-order valence-electron chi connectivity index (χ3n) is 3.11. The van der Waals surface area contributed by atoms with E-state index in [1.165, 1.54) is 4.80 Å². The van der Waals surface area contributed by atoms with Crippen LogP contribution < -0.4 is 5.32 Å². The van der Waals surface area contributed by atoms with E-state index in [2.05, 4.69) is 20.7 Å². The molecule has 6 heteroatoms. The lowest BCUT2D eigenvalue weighted by Crippen LogP contribution is -2.21. The lowest BCUT2D eigenvalue weighted by atomic mass is 10.2. The second-order valence-corrected chi connectivity index (χ2v) is 4.82. The highest BCUT2D eigenvalue weighted by Crippen LogP contribution is 2.37. The van der Waals surface area contributed by atoms with Gasteiger partial charge in [0.05, 0.1) is 0 Å². The standard InChI is InChI=1S/C13H15N5O/c1-9-4-2-3-5-11(9)14-12(19)8-18-16-13(15-17-18)10-6-7-10/h2-5,10H,6-8H2,1H3,(H,14,19). The number of aryl methyl sites for hydroxylation is 1. The first-order valence-electron chi connectivity index (χ1n) is 6.35. The van der Waals surface area contributed by atoms with Gasteiger partial charge in [0, 0.05) is 11.6 Å². The lowest BCUT2D eigenvalue weighted by molar-refractivity contribution is -0.117. The summed E-state index contributed by atoms with van der Waals surface area (Å²) < 4.78 is 0. The molecule has 1 aromatic carbocycles. The number of nitrogens with zero attached hydrogens (tertiary/aromatic N) is 4. The number of rotatable bonds is 4. The summed E-state index contributed by atoms with van der Waals surface area (Å²) in [5.41, 5.74) is 1.84. The molecule has 3 rings (SSSR count). The molecule has 1 fully saturated rings. The predicted octanol–water partition coefficient (Wildman–Crippen LogP) is 1.50. The van der Waals surface area contributed by atoms with Crippen molar-refractivity contribution in [3.63, 3.8) is 0 Å². The minimum Gasteiger partial charge on any atom is -0.324 e. The van der Waals surface area contributed by atoms with Crippen LogP contribution in [-0.2, 0) is 11.3 Å². The van der Waals surface area contributed by atoms with Gasteiger partial charge < -0.3 is 5.32 Å². The summed E-state index contributed by atoms with van der Waals surface area (Å²) in [7, 11) is 0. The first-order valence-corrected chi connectivity index (χ1v) is 6.35. The number of carbonyl (C=O) groups is 1. The summed E-state index contributed by atoms with van der Waals surface area (Å²) in [5.74, 6) is 1.06. The van der Waals surface area contributed by atoms with Gasteiger partial charge in [-0.25, -0.2) is 0 Å². The topological polar surface area (TPSA) is 72.7 Å². The molecule has 0 spiro atoms. The molecule has 6 nitrogen and oxygen atoms in total. The third-order valence-corrected chi connectivity index (χ3v) is 3.11. The Morgan fingerprint density at radius 3 is 2.95 bits per heavy atom. The van der Waals surface area contributed by atoms with E-state index in [4.69, 9.17) is 0 Å². The summed E-state index contributed by atoms with van der Waals surface area (Å²) in [6.45, 7) is 2.04. The molecule has 0 aliphatic heterocycles. The Hall–Kier alpha value is -2.24. The van der Waals surface area contributed by atoms with Crippen LogP contribution >= 0.6 is 0 Å². The highest BCUT2D eigenvalue weighted by Gasteiger charge is 2.28. The minimum atomic E-state index is -0.144. The van der Waals surface area contributed by atoms with Gasteiger partial charge in [-0.15, -0.1) is 10.2 Å². The van der Waals surface area contributed by atoms with Crippen molar-refractivity contribution in [2.75, 3.05) is 5.32 Å². The average Bonchev–Trinajstić information content (AvgIpc) is 3.14. The monoisotopic (exact) mass is 257 g/mol. The summed E-state index contributed by atoms with van der Waals surface area (Å²) in [4.78, 5) is 13.2. The maximum absolute atomic E-state index is 11.9. The molecule has 2 aromatic rings. The molecule has 1 aliphatic rings. The van der Waals surface area contributed by atoms with Crippen molar-refractivity contribution < 1.29 is 4.79 Å². The fourth-order valence-electron chi connectivity index (χ4n) is 1.86. The van der Waals surface area contributed by atoms with Gasteiger partial charge in [-0.3, -0.25) is 4.79 Å². The number of aromatic nitrogens is 4. The van der Waals surface area contributed by atoms with Gasteiger partial charge in [-0.2, -0.15) is 4.80 Å². The van der Waals surface area contributed by atoms with Gasteiger partial charge in [-0.05, 0) is 36.6 Å². The number of amides is 1. The van der Waals surface area contributed by atoms with Gasteiger partial charge in [0.25, 0.3) is 0 Å². The number of para-hydroxylation sites is 1. The minimum absolute atomic E-state index is 0.0913. The number of hydrogen-bond acceptors (Lipinski definition) is 4. The number of tetrazole rings is 1. The maximum Gasteiger partial charge on any atom is 0.248 e. The van der Waals surface area contributed by atoms with Crippen LogP contribution in [0.3, 0.4) is 0 Å². The molecule has 0 atom stereocenters. The van der Waals surface area contributed by atoms with Gasteiger partial charge in [-0.1, -0.05) is 18.2 Å². The van der Waals surface area contributed by atoms with E-state index in [1.807, 2.05) is 31.2 Å². The number of anilines is 1. The van der Waals surface area contributed by atoms with Crippen LogP contribution in [-0.4, -0.2) is 26.1 Å². The average molecular weight is 257 g/mol. The second-order valence-electron chi connectivity index (χ2n) is 4.82. The van der Waals surface area contributed by atoms with E-state index < -0.39 is 0 Å². The number of nitrogens with one attached hydrogen (secondary N) is 1. The van der Waals surface area contributed by atoms with Gasteiger partial charge in [0.1, 0.15) is 6.54 Å². The zero-order valence-electron chi connectivity index (χ0n) is 10.7. The number of hydrogen-bond donors (Lipinski definition) is 1. The molecule has 98 valence electrons. The first kappa shape index (κ1) is 11.8. The van der Waals surface area contributed by atoms with Gasteiger partial charge in [0.15, 0.2) is 5.82 Å².